The standard InChI is InChI=1S/C58H37NO/c1-2-17-45-39(13-1)14-12-24-46(45)41-15-11-16-42(35-41)47-18-7-9-25-56(47)59(44-32-34-54-53-23-8-10-26-57(53)60-58(54)37-44)43-30-27-38(28-31-43)40-29-33-52-50-21-4-3-19-48(50)49-20-5-6-22-51(49)55(52)36-40/h1-37H. The van der Waals surface area contributed by atoms with E-state index in [1.807, 2.05) is 12.1 Å². The zero-order valence-electron chi connectivity index (χ0n) is 32.7. The zero-order chi connectivity index (χ0) is 39.6. The van der Waals surface area contributed by atoms with Crippen LogP contribution in [0.15, 0.2) is 229 Å². The Labute approximate surface area is 347 Å². The van der Waals surface area contributed by atoms with E-state index in [4.69, 9.17) is 4.42 Å². The number of furan rings is 1. The van der Waals surface area contributed by atoms with Gasteiger partial charge in [-0.2, -0.15) is 0 Å². The molecule has 0 amide bonds. The maximum atomic E-state index is 6.47. The van der Waals surface area contributed by atoms with E-state index in [0.29, 0.717) is 0 Å². The molecular weight excluding hydrogens is 727 g/mol. The molecule has 0 fully saturated rings. The molecule has 1 aromatic heterocycles. The van der Waals surface area contributed by atoms with Gasteiger partial charge in [0.05, 0.1) is 5.69 Å². The van der Waals surface area contributed by atoms with Crippen molar-refractivity contribution in [1.29, 1.82) is 0 Å². The van der Waals surface area contributed by atoms with Crippen LogP contribution in [0.5, 0.6) is 0 Å². The van der Waals surface area contributed by atoms with Gasteiger partial charge in [0.2, 0.25) is 0 Å². The number of hydrogen-bond acceptors (Lipinski definition) is 2. The van der Waals surface area contributed by atoms with Crippen molar-refractivity contribution in [3.8, 4) is 33.4 Å². The highest BCUT2D eigenvalue weighted by molar-refractivity contribution is 6.25. The third kappa shape index (κ3) is 5.57. The van der Waals surface area contributed by atoms with Crippen LogP contribution in [0, 0.1) is 0 Å². The van der Waals surface area contributed by atoms with Gasteiger partial charge in [0.1, 0.15) is 11.2 Å². The van der Waals surface area contributed by atoms with Crippen LogP contribution in [-0.4, -0.2) is 0 Å². The van der Waals surface area contributed by atoms with Crippen molar-refractivity contribution in [2.75, 3.05) is 4.90 Å². The number of hydrogen-bond donors (Lipinski definition) is 0. The highest BCUT2D eigenvalue weighted by Crippen LogP contribution is 2.44. The SMILES string of the molecule is c1cc(-c2ccccc2N(c2ccc(-c3ccc4c5ccccc5c5ccccc5c4c3)cc2)c2ccc3c(c2)oc2ccccc23)cc(-c2cccc3ccccc23)c1. The Morgan fingerprint density at radius 1 is 0.267 bits per heavy atom. The number of para-hydroxylation sites is 2. The summed E-state index contributed by atoms with van der Waals surface area (Å²) in [5, 5.41) is 12.4. The topological polar surface area (TPSA) is 16.4 Å². The second-order valence-electron chi connectivity index (χ2n) is 15.6. The lowest BCUT2D eigenvalue weighted by atomic mass is 9.92. The molecule has 60 heavy (non-hydrogen) atoms. The maximum Gasteiger partial charge on any atom is 0.137 e. The molecule has 2 heteroatoms. The molecule has 0 aliphatic carbocycles. The minimum Gasteiger partial charge on any atom is -0.456 e. The lowest BCUT2D eigenvalue weighted by Crippen LogP contribution is -2.11. The summed E-state index contributed by atoms with van der Waals surface area (Å²) >= 11 is 0. The molecule has 0 unspecified atom stereocenters. The first-order valence-corrected chi connectivity index (χ1v) is 20.6. The summed E-state index contributed by atoms with van der Waals surface area (Å²) in [6.45, 7) is 0. The van der Waals surface area contributed by atoms with Crippen LogP contribution in [0.3, 0.4) is 0 Å². The van der Waals surface area contributed by atoms with E-state index >= 15 is 0 Å². The van der Waals surface area contributed by atoms with Crippen molar-refractivity contribution < 1.29 is 4.42 Å². The summed E-state index contributed by atoms with van der Waals surface area (Å²) in [4.78, 5) is 2.37. The molecule has 12 aromatic rings. The fourth-order valence-corrected chi connectivity index (χ4v) is 9.42. The van der Waals surface area contributed by atoms with Crippen molar-refractivity contribution in [3.63, 3.8) is 0 Å². The van der Waals surface area contributed by atoms with Gasteiger partial charge in [-0.15, -0.1) is 0 Å². The van der Waals surface area contributed by atoms with Crippen LogP contribution in [-0.2, 0) is 0 Å². The van der Waals surface area contributed by atoms with Crippen LogP contribution < -0.4 is 4.90 Å². The van der Waals surface area contributed by atoms with E-state index < -0.39 is 0 Å². The Morgan fingerprint density at radius 3 is 1.57 bits per heavy atom. The molecule has 0 spiro atoms. The molecule has 0 N–H and O–H groups in total. The Balaban J connectivity index is 1.01. The number of fused-ring (bicyclic) bond motifs is 10. The quantitative estimate of drug-likeness (QED) is 0.157. The van der Waals surface area contributed by atoms with Gasteiger partial charge >= 0.3 is 0 Å². The van der Waals surface area contributed by atoms with Gasteiger partial charge in [0.25, 0.3) is 0 Å². The average molecular weight is 764 g/mol. The third-order valence-corrected chi connectivity index (χ3v) is 12.2. The van der Waals surface area contributed by atoms with E-state index in [-0.39, 0.29) is 0 Å². The molecule has 0 aliphatic rings. The van der Waals surface area contributed by atoms with Gasteiger partial charge in [-0.05, 0) is 119 Å². The largest absolute Gasteiger partial charge is 0.456 e. The zero-order valence-corrected chi connectivity index (χ0v) is 32.7. The number of benzene rings is 11. The highest BCUT2D eigenvalue weighted by atomic mass is 16.3. The Kier molecular flexibility index (Phi) is 7.89. The molecule has 0 atom stereocenters. The van der Waals surface area contributed by atoms with E-state index in [1.54, 1.807) is 0 Å². The van der Waals surface area contributed by atoms with Crippen molar-refractivity contribution in [2.45, 2.75) is 0 Å². The first-order chi connectivity index (χ1) is 29.7. The average Bonchev–Trinajstić information content (AvgIpc) is 3.70. The summed E-state index contributed by atoms with van der Waals surface area (Å²) < 4.78 is 6.47. The molecule has 2 nitrogen and oxygen atoms in total. The minimum absolute atomic E-state index is 0.863. The van der Waals surface area contributed by atoms with Gasteiger partial charge in [-0.25, -0.2) is 0 Å². The summed E-state index contributed by atoms with van der Waals surface area (Å²) in [6.07, 6.45) is 0. The number of anilines is 3. The van der Waals surface area contributed by atoms with E-state index in [9.17, 15) is 0 Å². The molecule has 11 aromatic carbocycles. The first kappa shape index (κ1) is 34.1. The van der Waals surface area contributed by atoms with Gasteiger partial charge in [0.15, 0.2) is 0 Å². The molecule has 0 saturated carbocycles. The predicted octanol–water partition coefficient (Wildman–Crippen LogP) is 16.7. The Hall–Kier alpha value is -7.94. The van der Waals surface area contributed by atoms with Crippen LogP contribution >= 0.6 is 0 Å². The van der Waals surface area contributed by atoms with Gasteiger partial charge in [-0.3, -0.25) is 0 Å². The molecule has 0 radical (unpaired) electrons. The van der Waals surface area contributed by atoms with Crippen molar-refractivity contribution in [3.05, 3.63) is 224 Å². The van der Waals surface area contributed by atoms with Crippen molar-refractivity contribution in [1.82, 2.24) is 0 Å². The number of rotatable bonds is 6. The highest BCUT2D eigenvalue weighted by Gasteiger charge is 2.20. The first-order valence-electron chi connectivity index (χ1n) is 20.6. The summed E-state index contributed by atoms with van der Waals surface area (Å²) in [7, 11) is 0. The number of nitrogens with zero attached hydrogens (tertiary/aromatic N) is 1. The summed E-state index contributed by atoms with van der Waals surface area (Å²) in [5.41, 5.74) is 12.0. The fourth-order valence-electron chi connectivity index (χ4n) is 9.42. The maximum absolute atomic E-state index is 6.47. The van der Waals surface area contributed by atoms with Crippen molar-refractivity contribution >= 4 is 82.1 Å². The van der Waals surface area contributed by atoms with Crippen molar-refractivity contribution in [2.24, 2.45) is 0 Å². The minimum atomic E-state index is 0.863. The third-order valence-electron chi connectivity index (χ3n) is 12.2. The Bertz CT molecular complexity index is 3570. The predicted molar refractivity (Wildman–Crippen MR) is 255 cm³/mol. The molecule has 1 heterocycles. The second kappa shape index (κ2) is 13.9. The monoisotopic (exact) mass is 763 g/mol. The van der Waals surface area contributed by atoms with Crippen LogP contribution in [0.1, 0.15) is 0 Å². The lowest BCUT2D eigenvalue weighted by Gasteiger charge is -2.28. The van der Waals surface area contributed by atoms with Crippen LogP contribution in [0.2, 0.25) is 0 Å². The Morgan fingerprint density at radius 2 is 0.783 bits per heavy atom. The smallest absolute Gasteiger partial charge is 0.137 e. The van der Waals surface area contributed by atoms with Gasteiger partial charge < -0.3 is 9.32 Å². The van der Waals surface area contributed by atoms with E-state index in [0.717, 1.165) is 50.1 Å². The summed E-state index contributed by atoms with van der Waals surface area (Å²) in [6, 6.07) is 81.3. The van der Waals surface area contributed by atoms with Crippen LogP contribution in [0.25, 0.3) is 98.4 Å². The normalized spacial score (nSPS) is 11.7. The van der Waals surface area contributed by atoms with Gasteiger partial charge in [-0.1, -0.05) is 170 Å². The molecule has 280 valence electrons. The van der Waals surface area contributed by atoms with E-state index in [2.05, 4.69) is 217 Å². The lowest BCUT2D eigenvalue weighted by molar-refractivity contribution is 0.669. The van der Waals surface area contributed by atoms with E-state index in [1.165, 1.54) is 65.3 Å². The molecule has 12 rings (SSSR count). The second-order valence-corrected chi connectivity index (χ2v) is 15.6. The molecular formula is C58H37NO. The molecule has 0 bridgehead atoms. The summed E-state index contributed by atoms with van der Waals surface area (Å²) in [5.74, 6) is 0. The molecule has 0 aliphatic heterocycles. The fraction of sp³-hybridized carbons (Fsp3) is 0. The van der Waals surface area contributed by atoms with Crippen LogP contribution in [0.4, 0.5) is 17.1 Å². The molecule has 0 saturated heterocycles. The van der Waals surface area contributed by atoms with Gasteiger partial charge in [0, 0.05) is 33.8 Å².